The number of ether oxygens (including phenoxy) is 1. The van der Waals surface area contributed by atoms with Gasteiger partial charge >= 0.3 is 0 Å². The zero-order valence-corrected chi connectivity index (χ0v) is 13.0. The maximum absolute atomic E-state index is 5.43. The standard InChI is InChI=1S/C19H24N2O/c1-3-7-18(8-4-1)17-21(19-9-5-2-6-10-19)12-11-20-13-15-22-16-14-20/h1-10H,11-17H2. The average Bonchev–Trinajstić information content (AvgIpc) is 2.61. The van der Waals surface area contributed by atoms with Crippen molar-refractivity contribution in [1.82, 2.24) is 4.90 Å². The Balaban J connectivity index is 1.66. The second-order valence-electron chi connectivity index (χ2n) is 5.70. The molecule has 0 spiro atoms. The predicted octanol–water partition coefficient (Wildman–Crippen LogP) is 3.03. The van der Waals surface area contributed by atoms with Crippen LogP contribution >= 0.6 is 0 Å². The minimum Gasteiger partial charge on any atom is -0.379 e. The van der Waals surface area contributed by atoms with E-state index in [1.807, 2.05) is 0 Å². The van der Waals surface area contributed by atoms with Crippen LogP contribution in [-0.2, 0) is 11.3 Å². The third-order valence-electron chi connectivity index (χ3n) is 4.13. The maximum Gasteiger partial charge on any atom is 0.0594 e. The molecule has 0 aromatic heterocycles. The van der Waals surface area contributed by atoms with Crippen molar-refractivity contribution >= 4 is 5.69 Å². The van der Waals surface area contributed by atoms with Crippen molar-refractivity contribution in [2.24, 2.45) is 0 Å². The highest BCUT2D eigenvalue weighted by atomic mass is 16.5. The number of hydrogen-bond donors (Lipinski definition) is 0. The molecule has 1 saturated heterocycles. The topological polar surface area (TPSA) is 15.7 Å². The molecule has 1 heterocycles. The fraction of sp³-hybridized carbons (Fsp3) is 0.368. The lowest BCUT2D eigenvalue weighted by molar-refractivity contribution is 0.0391. The largest absolute Gasteiger partial charge is 0.379 e. The van der Waals surface area contributed by atoms with E-state index < -0.39 is 0 Å². The van der Waals surface area contributed by atoms with Gasteiger partial charge in [-0.2, -0.15) is 0 Å². The van der Waals surface area contributed by atoms with Crippen LogP contribution in [0.25, 0.3) is 0 Å². The highest BCUT2D eigenvalue weighted by Crippen LogP contribution is 2.16. The van der Waals surface area contributed by atoms with E-state index >= 15 is 0 Å². The van der Waals surface area contributed by atoms with Crippen LogP contribution in [0.2, 0.25) is 0 Å². The Morgan fingerprint density at radius 3 is 2.18 bits per heavy atom. The van der Waals surface area contributed by atoms with Crippen LogP contribution in [0.1, 0.15) is 5.56 Å². The Hall–Kier alpha value is -1.84. The van der Waals surface area contributed by atoms with Crippen LogP contribution in [0, 0.1) is 0 Å². The van der Waals surface area contributed by atoms with Gasteiger partial charge in [0, 0.05) is 38.4 Å². The molecule has 3 heteroatoms. The minimum atomic E-state index is 0.865. The van der Waals surface area contributed by atoms with Crippen LogP contribution < -0.4 is 4.90 Å². The molecule has 0 amide bonds. The van der Waals surface area contributed by atoms with Crippen molar-refractivity contribution in [3.63, 3.8) is 0 Å². The number of anilines is 1. The number of hydrogen-bond acceptors (Lipinski definition) is 3. The molecule has 2 aromatic carbocycles. The first-order chi connectivity index (χ1) is 10.9. The van der Waals surface area contributed by atoms with E-state index in [9.17, 15) is 0 Å². The first kappa shape index (κ1) is 15.1. The normalized spacial score (nSPS) is 15.6. The van der Waals surface area contributed by atoms with Gasteiger partial charge in [-0.1, -0.05) is 48.5 Å². The highest BCUT2D eigenvalue weighted by Gasteiger charge is 2.13. The summed E-state index contributed by atoms with van der Waals surface area (Å²) in [4.78, 5) is 4.95. The van der Waals surface area contributed by atoms with Gasteiger partial charge < -0.3 is 9.64 Å². The van der Waals surface area contributed by atoms with Crippen molar-refractivity contribution in [3.05, 3.63) is 66.2 Å². The van der Waals surface area contributed by atoms with Gasteiger partial charge in [0.2, 0.25) is 0 Å². The molecular formula is C19H24N2O. The molecule has 1 fully saturated rings. The Bertz CT molecular complexity index is 538. The van der Waals surface area contributed by atoms with E-state index in [1.165, 1.54) is 11.3 Å². The van der Waals surface area contributed by atoms with Crippen molar-refractivity contribution < 1.29 is 4.74 Å². The lowest BCUT2D eigenvalue weighted by Crippen LogP contribution is -2.41. The van der Waals surface area contributed by atoms with Gasteiger partial charge in [0.05, 0.1) is 13.2 Å². The Morgan fingerprint density at radius 2 is 1.50 bits per heavy atom. The van der Waals surface area contributed by atoms with Crippen LogP contribution in [0.5, 0.6) is 0 Å². The summed E-state index contributed by atoms with van der Waals surface area (Å²) in [6.07, 6.45) is 0. The lowest BCUT2D eigenvalue weighted by Gasteiger charge is -2.31. The average molecular weight is 296 g/mol. The molecule has 0 atom stereocenters. The van der Waals surface area contributed by atoms with Gasteiger partial charge in [-0.25, -0.2) is 0 Å². The second kappa shape index (κ2) is 7.97. The van der Waals surface area contributed by atoms with E-state index in [0.717, 1.165) is 45.9 Å². The molecule has 3 rings (SSSR count). The van der Waals surface area contributed by atoms with Crippen molar-refractivity contribution in [3.8, 4) is 0 Å². The number of benzene rings is 2. The van der Waals surface area contributed by atoms with Crippen LogP contribution in [0.4, 0.5) is 5.69 Å². The summed E-state index contributed by atoms with van der Waals surface area (Å²) in [5, 5.41) is 0. The molecule has 22 heavy (non-hydrogen) atoms. The van der Waals surface area contributed by atoms with Crippen LogP contribution in [-0.4, -0.2) is 44.3 Å². The van der Waals surface area contributed by atoms with Crippen LogP contribution in [0.15, 0.2) is 60.7 Å². The molecule has 1 aliphatic heterocycles. The summed E-state index contributed by atoms with van der Waals surface area (Å²) in [7, 11) is 0. The Kier molecular flexibility index (Phi) is 5.46. The number of rotatable bonds is 6. The van der Waals surface area contributed by atoms with E-state index in [1.54, 1.807) is 0 Å². The van der Waals surface area contributed by atoms with Crippen molar-refractivity contribution in [1.29, 1.82) is 0 Å². The zero-order valence-electron chi connectivity index (χ0n) is 13.0. The number of nitrogens with zero attached hydrogens (tertiary/aromatic N) is 2. The van der Waals surface area contributed by atoms with Crippen molar-refractivity contribution in [2.75, 3.05) is 44.3 Å². The van der Waals surface area contributed by atoms with Gasteiger partial charge in [0.15, 0.2) is 0 Å². The van der Waals surface area contributed by atoms with Gasteiger partial charge in [-0.05, 0) is 17.7 Å². The molecule has 0 N–H and O–H groups in total. The van der Waals surface area contributed by atoms with E-state index in [4.69, 9.17) is 4.74 Å². The summed E-state index contributed by atoms with van der Waals surface area (Å²) in [6.45, 7) is 6.91. The van der Waals surface area contributed by atoms with E-state index in [-0.39, 0.29) is 0 Å². The van der Waals surface area contributed by atoms with Gasteiger partial charge in [0.1, 0.15) is 0 Å². The second-order valence-corrected chi connectivity index (χ2v) is 5.70. The summed E-state index contributed by atoms with van der Waals surface area (Å²) in [5.41, 5.74) is 2.65. The fourth-order valence-corrected chi connectivity index (χ4v) is 2.83. The summed E-state index contributed by atoms with van der Waals surface area (Å²) in [5.74, 6) is 0. The molecule has 0 bridgehead atoms. The Morgan fingerprint density at radius 1 is 0.864 bits per heavy atom. The lowest BCUT2D eigenvalue weighted by atomic mass is 10.2. The SMILES string of the molecule is c1ccc(CN(CCN2CCOCC2)c2ccccc2)cc1. The van der Waals surface area contributed by atoms with Gasteiger partial charge in [-0.15, -0.1) is 0 Å². The molecule has 116 valence electrons. The van der Waals surface area contributed by atoms with E-state index in [2.05, 4.69) is 70.5 Å². The number of para-hydroxylation sites is 1. The fourth-order valence-electron chi connectivity index (χ4n) is 2.83. The molecule has 0 radical (unpaired) electrons. The van der Waals surface area contributed by atoms with Gasteiger partial charge in [0.25, 0.3) is 0 Å². The first-order valence-corrected chi connectivity index (χ1v) is 8.06. The van der Waals surface area contributed by atoms with Crippen molar-refractivity contribution in [2.45, 2.75) is 6.54 Å². The zero-order chi connectivity index (χ0) is 15.0. The quantitative estimate of drug-likeness (QED) is 0.815. The summed E-state index contributed by atoms with van der Waals surface area (Å²) in [6, 6.07) is 21.4. The smallest absolute Gasteiger partial charge is 0.0594 e. The summed E-state index contributed by atoms with van der Waals surface area (Å²) >= 11 is 0. The third-order valence-corrected chi connectivity index (χ3v) is 4.13. The van der Waals surface area contributed by atoms with E-state index in [0.29, 0.717) is 0 Å². The van der Waals surface area contributed by atoms with Gasteiger partial charge in [-0.3, -0.25) is 4.90 Å². The molecule has 0 unspecified atom stereocenters. The summed E-state index contributed by atoms with van der Waals surface area (Å²) < 4.78 is 5.43. The molecule has 0 saturated carbocycles. The molecule has 0 aliphatic carbocycles. The molecular weight excluding hydrogens is 272 g/mol. The predicted molar refractivity (Wildman–Crippen MR) is 91.2 cm³/mol. The van der Waals surface area contributed by atoms with Crippen LogP contribution in [0.3, 0.4) is 0 Å². The first-order valence-electron chi connectivity index (χ1n) is 8.06. The monoisotopic (exact) mass is 296 g/mol. The molecule has 1 aliphatic rings. The minimum absolute atomic E-state index is 0.865. The molecule has 2 aromatic rings. The maximum atomic E-state index is 5.43. The number of morpholine rings is 1. The Labute approximate surface area is 133 Å². The molecule has 3 nitrogen and oxygen atoms in total. The third kappa shape index (κ3) is 4.33. The highest BCUT2D eigenvalue weighted by molar-refractivity contribution is 5.46.